The average molecular weight is 268 g/mol. The van der Waals surface area contributed by atoms with Gasteiger partial charge < -0.3 is 15.0 Å². The fourth-order valence-electron chi connectivity index (χ4n) is 2.57. The third kappa shape index (κ3) is 2.96. The van der Waals surface area contributed by atoms with Crippen LogP contribution in [-0.2, 0) is 14.1 Å². The molecule has 2 fully saturated rings. The monoisotopic (exact) mass is 268 g/mol. The summed E-state index contributed by atoms with van der Waals surface area (Å²) in [7, 11) is -0.140. The van der Waals surface area contributed by atoms with Crippen LogP contribution in [0.3, 0.4) is 0 Å². The number of amides is 1. The van der Waals surface area contributed by atoms with Crippen LogP contribution >= 0.6 is 0 Å². The van der Waals surface area contributed by atoms with Gasteiger partial charge in [0.15, 0.2) is 0 Å². The van der Waals surface area contributed by atoms with Crippen LogP contribution in [0.15, 0.2) is 0 Å². The number of nitrogens with two attached hydrogens (primary N) is 1. The van der Waals surface area contributed by atoms with E-state index in [1.165, 1.54) is 0 Å². The first kappa shape index (κ1) is 14.8. The lowest BCUT2D eigenvalue weighted by Gasteiger charge is -2.38. The topological polar surface area (TPSA) is 64.8 Å². The molecule has 2 rings (SSSR count). The van der Waals surface area contributed by atoms with Gasteiger partial charge in [-0.2, -0.15) is 0 Å². The highest BCUT2D eigenvalue weighted by molar-refractivity contribution is 6.45. The molecule has 5 nitrogen and oxygen atoms in total. The number of primary amides is 1. The average Bonchev–Trinajstić information content (AvgIpc) is 2.39. The van der Waals surface area contributed by atoms with Crippen molar-refractivity contribution in [3.63, 3.8) is 0 Å². The van der Waals surface area contributed by atoms with Crippen molar-refractivity contribution in [2.75, 3.05) is 13.1 Å². The summed E-state index contributed by atoms with van der Waals surface area (Å²) in [5.74, 6) is -0.207. The molecule has 0 aromatic rings. The number of carbonyl (C=O) groups excluding carboxylic acids is 1. The van der Waals surface area contributed by atoms with Gasteiger partial charge >= 0.3 is 7.12 Å². The molecule has 0 spiro atoms. The fraction of sp³-hybridized carbons (Fsp3) is 0.923. The summed E-state index contributed by atoms with van der Waals surface area (Å²) in [5.41, 5.74) is 4.80. The second-order valence-electron chi connectivity index (χ2n) is 6.57. The van der Waals surface area contributed by atoms with E-state index in [2.05, 4.69) is 32.6 Å². The first-order chi connectivity index (χ1) is 8.73. The summed E-state index contributed by atoms with van der Waals surface area (Å²) in [5, 5.41) is 0. The molecule has 2 aliphatic heterocycles. The van der Waals surface area contributed by atoms with E-state index < -0.39 is 0 Å². The van der Waals surface area contributed by atoms with Crippen molar-refractivity contribution < 1.29 is 14.1 Å². The van der Waals surface area contributed by atoms with Crippen LogP contribution in [0.2, 0.25) is 6.32 Å². The Morgan fingerprint density at radius 3 is 2.32 bits per heavy atom. The van der Waals surface area contributed by atoms with E-state index in [0.29, 0.717) is 0 Å². The Hall–Kier alpha value is -0.585. The Kier molecular flexibility index (Phi) is 3.96. The highest BCUT2D eigenvalue weighted by Gasteiger charge is 2.50. The first-order valence-corrected chi connectivity index (χ1v) is 7.12. The van der Waals surface area contributed by atoms with Gasteiger partial charge in [0.25, 0.3) is 0 Å². The van der Waals surface area contributed by atoms with E-state index in [4.69, 9.17) is 15.0 Å². The molecular weight excluding hydrogens is 243 g/mol. The first-order valence-electron chi connectivity index (χ1n) is 7.12. The van der Waals surface area contributed by atoms with E-state index in [9.17, 15) is 4.79 Å². The summed E-state index contributed by atoms with van der Waals surface area (Å²) in [6, 6.07) is -0.0571. The molecule has 2 aliphatic rings. The Labute approximate surface area is 115 Å². The SMILES string of the molecule is CC1(C)OB(CCCN2CCC2C(N)=O)OC1(C)C. The highest BCUT2D eigenvalue weighted by atomic mass is 16.7. The summed E-state index contributed by atoms with van der Waals surface area (Å²) in [6.07, 6.45) is 2.71. The zero-order valence-electron chi connectivity index (χ0n) is 12.4. The zero-order chi connectivity index (χ0) is 14.3. The molecule has 0 aromatic heterocycles. The number of hydrogen-bond acceptors (Lipinski definition) is 4. The van der Waals surface area contributed by atoms with Gasteiger partial charge in [0.2, 0.25) is 5.91 Å². The molecule has 2 saturated heterocycles. The van der Waals surface area contributed by atoms with Gasteiger partial charge in [-0.05, 0) is 53.4 Å². The Balaban J connectivity index is 1.72. The predicted molar refractivity (Wildman–Crippen MR) is 74.7 cm³/mol. The number of likely N-dealkylation sites (tertiary alicyclic amines) is 1. The van der Waals surface area contributed by atoms with Crippen LogP contribution in [0.5, 0.6) is 0 Å². The van der Waals surface area contributed by atoms with Crippen LogP contribution in [0, 0.1) is 0 Å². The lowest BCUT2D eigenvalue weighted by Crippen LogP contribution is -2.55. The molecule has 2 N–H and O–H groups in total. The molecule has 1 atom stereocenters. The lowest BCUT2D eigenvalue weighted by molar-refractivity contribution is -0.127. The zero-order valence-corrected chi connectivity index (χ0v) is 12.4. The number of hydrogen-bond donors (Lipinski definition) is 1. The van der Waals surface area contributed by atoms with Crippen molar-refractivity contribution in [1.82, 2.24) is 4.90 Å². The molecule has 0 saturated carbocycles. The Bertz CT molecular complexity index is 344. The molecule has 0 aliphatic carbocycles. The smallest absolute Gasteiger partial charge is 0.403 e. The second-order valence-corrected chi connectivity index (χ2v) is 6.57. The summed E-state index contributed by atoms with van der Waals surface area (Å²) in [4.78, 5) is 13.2. The summed E-state index contributed by atoms with van der Waals surface area (Å²) in [6.45, 7) is 10.1. The van der Waals surface area contributed by atoms with Crippen molar-refractivity contribution in [1.29, 1.82) is 0 Å². The third-order valence-electron chi connectivity index (χ3n) is 4.65. The minimum absolute atomic E-state index is 0.0571. The van der Waals surface area contributed by atoms with E-state index >= 15 is 0 Å². The molecule has 0 aromatic carbocycles. The normalized spacial score (nSPS) is 29.3. The van der Waals surface area contributed by atoms with Gasteiger partial charge in [-0.25, -0.2) is 0 Å². The maximum absolute atomic E-state index is 11.1. The quantitative estimate of drug-likeness (QED) is 0.756. The number of rotatable bonds is 5. The van der Waals surface area contributed by atoms with Gasteiger partial charge in [-0.15, -0.1) is 0 Å². The molecule has 0 bridgehead atoms. The fourth-order valence-corrected chi connectivity index (χ4v) is 2.57. The van der Waals surface area contributed by atoms with Crippen LogP contribution in [-0.4, -0.2) is 48.3 Å². The molecule has 2 heterocycles. The highest BCUT2D eigenvalue weighted by Crippen LogP contribution is 2.38. The molecule has 0 radical (unpaired) electrons. The lowest BCUT2D eigenvalue weighted by atomic mass is 9.82. The van der Waals surface area contributed by atoms with Crippen molar-refractivity contribution in [2.24, 2.45) is 5.73 Å². The van der Waals surface area contributed by atoms with Crippen molar-refractivity contribution >= 4 is 13.0 Å². The molecule has 19 heavy (non-hydrogen) atoms. The van der Waals surface area contributed by atoms with E-state index in [-0.39, 0.29) is 30.3 Å². The maximum Gasteiger partial charge on any atom is 0.457 e. The van der Waals surface area contributed by atoms with Crippen molar-refractivity contribution in [3.8, 4) is 0 Å². The third-order valence-corrected chi connectivity index (χ3v) is 4.65. The van der Waals surface area contributed by atoms with E-state index in [0.717, 1.165) is 32.3 Å². The van der Waals surface area contributed by atoms with E-state index in [1.54, 1.807) is 0 Å². The van der Waals surface area contributed by atoms with Crippen molar-refractivity contribution in [3.05, 3.63) is 0 Å². The van der Waals surface area contributed by atoms with Gasteiger partial charge in [0.05, 0.1) is 17.2 Å². The van der Waals surface area contributed by atoms with Crippen LogP contribution in [0.4, 0.5) is 0 Å². The second kappa shape index (κ2) is 5.07. The molecular formula is C13H25BN2O3. The van der Waals surface area contributed by atoms with Gasteiger partial charge in [0, 0.05) is 6.54 Å². The van der Waals surface area contributed by atoms with Gasteiger partial charge in [-0.1, -0.05) is 0 Å². The maximum atomic E-state index is 11.1. The van der Waals surface area contributed by atoms with Crippen LogP contribution in [0.25, 0.3) is 0 Å². The van der Waals surface area contributed by atoms with Gasteiger partial charge in [-0.3, -0.25) is 9.69 Å². The summed E-state index contributed by atoms with van der Waals surface area (Å²) >= 11 is 0. The van der Waals surface area contributed by atoms with E-state index in [1.807, 2.05) is 0 Å². The number of nitrogens with zero attached hydrogens (tertiary/aromatic N) is 1. The molecule has 1 amide bonds. The summed E-state index contributed by atoms with van der Waals surface area (Å²) < 4.78 is 11.9. The standard InChI is InChI=1S/C13H25BN2O3/c1-12(2)13(3,4)19-14(18-12)7-5-8-16-9-6-10(16)11(15)17/h10H,5-9H2,1-4H3,(H2,15,17). The molecule has 6 heteroatoms. The van der Waals surface area contributed by atoms with Crippen LogP contribution < -0.4 is 5.73 Å². The molecule has 1 unspecified atom stereocenters. The number of carbonyl (C=O) groups is 1. The largest absolute Gasteiger partial charge is 0.457 e. The van der Waals surface area contributed by atoms with Crippen molar-refractivity contribution in [2.45, 2.75) is 64.1 Å². The molecule has 108 valence electrons. The Morgan fingerprint density at radius 2 is 1.89 bits per heavy atom. The Morgan fingerprint density at radius 1 is 1.32 bits per heavy atom. The predicted octanol–water partition coefficient (Wildman–Crippen LogP) is 1.03. The minimum Gasteiger partial charge on any atom is -0.403 e. The van der Waals surface area contributed by atoms with Gasteiger partial charge in [0.1, 0.15) is 0 Å². The minimum atomic E-state index is -0.260. The van der Waals surface area contributed by atoms with Crippen LogP contribution in [0.1, 0.15) is 40.5 Å².